The van der Waals surface area contributed by atoms with E-state index in [1.807, 2.05) is 20.8 Å². The van der Waals surface area contributed by atoms with Crippen molar-refractivity contribution in [3.05, 3.63) is 0 Å². The highest BCUT2D eigenvalue weighted by molar-refractivity contribution is 5.77. The second-order valence-electron chi connectivity index (χ2n) is 3.84. The summed E-state index contributed by atoms with van der Waals surface area (Å²) >= 11 is 0. The number of carbonyl (C=O) groups is 1. The van der Waals surface area contributed by atoms with Gasteiger partial charge in [-0.15, -0.1) is 0 Å². The molecule has 0 bridgehead atoms. The van der Waals surface area contributed by atoms with Gasteiger partial charge in [-0.3, -0.25) is 4.79 Å². The van der Waals surface area contributed by atoms with Crippen LogP contribution in [0.25, 0.3) is 0 Å². The Balaban J connectivity index is 3.84. The lowest BCUT2D eigenvalue weighted by atomic mass is 10.0. The Labute approximate surface area is 74.2 Å². The maximum Gasteiger partial charge on any atom is 0.222 e. The summed E-state index contributed by atoms with van der Waals surface area (Å²) in [6.45, 7) is 7.56. The van der Waals surface area contributed by atoms with Gasteiger partial charge in [-0.05, 0) is 27.2 Å². The highest BCUT2D eigenvalue weighted by atomic mass is 16.3. The van der Waals surface area contributed by atoms with Crippen molar-refractivity contribution in [1.29, 1.82) is 0 Å². The third kappa shape index (κ3) is 5.13. The van der Waals surface area contributed by atoms with E-state index in [1.165, 1.54) is 0 Å². The second kappa shape index (κ2) is 4.45. The highest BCUT2D eigenvalue weighted by Crippen LogP contribution is 2.07. The van der Waals surface area contributed by atoms with Gasteiger partial charge in [0.05, 0.1) is 12.5 Å². The Morgan fingerprint density at radius 3 is 2.42 bits per heavy atom. The summed E-state index contributed by atoms with van der Waals surface area (Å²) < 4.78 is 0. The number of carbonyl (C=O) groups excluding carboxylic acids is 1. The zero-order chi connectivity index (χ0) is 9.78. The fourth-order valence-electron chi connectivity index (χ4n) is 0.785. The van der Waals surface area contributed by atoms with Gasteiger partial charge in [0.1, 0.15) is 0 Å². The quantitative estimate of drug-likeness (QED) is 0.668. The van der Waals surface area contributed by atoms with Crippen molar-refractivity contribution in [2.45, 2.75) is 52.2 Å². The van der Waals surface area contributed by atoms with Gasteiger partial charge >= 0.3 is 0 Å². The lowest BCUT2D eigenvalue weighted by Crippen LogP contribution is -2.43. The number of hydrogen-bond donors (Lipinski definition) is 2. The highest BCUT2D eigenvalue weighted by Gasteiger charge is 2.18. The van der Waals surface area contributed by atoms with Gasteiger partial charge in [0.15, 0.2) is 0 Å². The molecule has 1 unspecified atom stereocenters. The lowest BCUT2D eigenvalue weighted by molar-refractivity contribution is -0.124. The van der Waals surface area contributed by atoms with Crippen LogP contribution >= 0.6 is 0 Å². The molecule has 0 aliphatic heterocycles. The van der Waals surface area contributed by atoms with Crippen LogP contribution in [0.5, 0.6) is 0 Å². The molecule has 0 spiro atoms. The molecule has 0 aromatic rings. The Morgan fingerprint density at radius 2 is 2.08 bits per heavy atom. The first kappa shape index (κ1) is 11.4. The fourth-order valence-corrected chi connectivity index (χ4v) is 0.785. The summed E-state index contributed by atoms with van der Waals surface area (Å²) in [6, 6.07) is 0. The van der Waals surface area contributed by atoms with Crippen LogP contribution in [0, 0.1) is 0 Å². The van der Waals surface area contributed by atoms with E-state index in [4.69, 9.17) is 5.11 Å². The van der Waals surface area contributed by atoms with Crippen molar-refractivity contribution in [2.75, 3.05) is 0 Å². The molecule has 3 heteroatoms. The van der Waals surface area contributed by atoms with Crippen LogP contribution in [-0.2, 0) is 4.79 Å². The van der Waals surface area contributed by atoms with Crippen molar-refractivity contribution < 1.29 is 9.90 Å². The molecule has 1 amide bonds. The minimum atomic E-state index is -0.558. The molecular weight excluding hydrogens is 154 g/mol. The average molecular weight is 173 g/mol. The molecule has 3 nitrogen and oxygen atoms in total. The molecule has 0 saturated carbocycles. The van der Waals surface area contributed by atoms with Gasteiger partial charge in [-0.1, -0.05) is 6.92 Å². The van der Waals surface area contributed by atoms with Gasteiger partial charge in [-0.25, -0.2) is 0 Å². The first-order chi connectivity index (χ1) is 5.37. The molecule has 0 radical (unpaired) electrons. The maximum atomic E-state index is 11.2. The van der Waals surface area contributed by atoms with Crippen LogP contribution in [0.15, 0.2) is 0 Å². The third-order valence-corrected chi connectivity index (χ3v) is 1.84. The number of nitrogens with one attached hydrogen (secondary N) is 1. The molecule has 0 rings (SSSR count). The minimum absolute atomic E-state index is 0.0862. The molecule has 1 atom stereocenters. The Kier molecular flexibility index (Phi) is 4.24. The lowest BCUT2D eigenvalue weighted by Gasteiger charge is -2.24. The van der Waals surface area contributed by atoms with Gasteiger partial charge in [-0.2, -0.15) is 0 Å². The summed E-state index contributed by atoms with van der Waals surface area (Å²) in [5.74, 6) is -0.0862. The van der Waals surface area contributed by atoms with E-state index in [-0.39, 0.29) is 17.9 Å². The van der Waals surface area contributed by atoms with Gasteiger partial charge in [0.2, 0.25) is 5.91 Å². The van der Waals surface area contributed by atoms with Gasteiger partial charge in [0.25, 0.3) is 0 Å². The number of rotatable bonds is 4. The molecule has 72 valence electrons. The van der Waals surface area contributed by atoms with Crippen LogP contribution in [0.3, 0.4) is 0 Å². The monoisotopic (exact) mass is 173 g/mol. The molecule has 2 N–H and O–H groups in total. The van der Waals surface area contributed by atoms with Crippen LogP contribution in [0.2, 0.25) is 0 Å². The summed E-state index contributed by atoms with van der Waals surface area (Å²) in [7, 11) is 0. The molecule has 12 heavy (non-hydrogen) atoms. The summed E-state index contributed by atoms with van der Waals surface area (Å²) in [5, 5.41) is 11.8. The van der Waals surface area contributed by atoms with Crippen LogP contribution in [-0.4, -0.2) is 22.7 Å². The van der Waals surface area contributed by atoms with Crippen LogP contribution in [0.1, 0.15) is 40.5 Å². The predicted octanol–water partition coefficient (Wildman–Crippen LogP) is 1.06. The standard InChI is InChI=1S/C9H19NO2/c1-5-9(3,4)10-8(12)6-7(2)11/h7,11H,5-6H2,1-4H3,(H,10,12). The molecule has 0 aromatic heterocycles. The van der Waals surface area contributed by atoms with Crippen LogP contribution in [0.4, 0.5) is 0 Å². The molecule has 0 aliphatic rings. The molecule has 0 fully saturated rings. The van der Waals surface area contributed by atoms with Crippen molar-refractivity contribution >= 4 is 5.91 Å². The SMILES string of the molecule is CCC(C)(C)NC(=O)CC(C)O. The Morgan fingerprint density at radius 1 is 1.58 bits per heavy atom. The number of aliphatic hydroxyl groups excluding tert-OH is 1. The van der Waals surface area contributed by atoms with Crippen molar-refractivity contribution in [1.82, 2.24) is 5.32 Å². The topological polar surface area (TPSA) is 49.3 Å². The van der Waals surface area contributed by atoms with E-state index in [0.717, 1.165) is 6.42 Å². The predicted molar refractivity (Wildman–Crippen MR) is 48.8 cm³/mol. The Bertz CT molecular complexity index is 153. The Hall–Kier alpha value is -0.570. The second-order valence-corrected chi connectivity index (χ2v) is 3.84. The summed E-state index contributed by atoms with van der Waals surface area (Å²) in [6.07, 6.45) is 0.514. The number of amides is 1. The molecule has 0 heterocycles. The summed E-state index contributed by atoms with van der Waals surface area (Å²) in [4.78, 5) is 11.2. The van der Waals surface area contributed by atoms with E-state index < -0.39 is 6.10 Å². The van der Waals surface area contributed by atoms with Crippen molar-refractivity contribution in [2.24, 2.45) is 0 Å². The van der Waals surface area contributed by atoms with Crippen LogP contribution < -0.4 is 5.32 Å². The van der Waals surface area contributed by atoms with Gasteiger partial charge < -0.3 is 10.4 Å². The number of hydrogen-bond acceptors (Lipinski definition) is 2. The first-order valence-corrected chi connectivity index (χ1v) is 4.36. The van der Waals surface area contributed by atoms with E-state index >= 15 is 0 Å². The molecule has 0 saturated heterocycles. The average Bonchev–Trinajstić information content (AvgIpc) is 1.84. The smallest absolute Gasteiger partial charge is 0.222 e. The van der Waals surface area contributed by atoms with Crippen molar-refractivity contribution in [3.63, 3.8) is 0 Å². The molecule has 0 aromatic carbocycles. The first-order valence-electron chi connectivity index (χ1n) is 4.36. The maximum absolute atomic E-state index is 11.2. The van der Waals surface area contributed by atoms with E-state index in [0.29, 0.717) is 0 Å². The normalized spacial score (nSPS) is 14.1. The fraction of sp³-hybridized carbons (Fsp3) is 0.889. The minimum Gasteiger partial charge on any atom is -0.393 e. The van der Waals surface area contributed by atoms with Crippen molar-refractivity contribution in [3.8, 4) is 0 Å². The number of aliphatic hydroxyl groups is 1. The zero-order valence-corrected chi connectivity index (χ0v) is 8.35. The van der Waals surface area contributed by atoms with Gasteiger partial charge in [0, 0.05) is 5.54 Å². The molecular formula is C9H19NO2. The third-order valence-electron chi connectivity index (χ3n) is 1.84. The summed E-state index contributed by atoms with van der Waals surface area (Å²) in [5.41, 5.74) is -0.161. The van der Waals surface area contributed by atoms with E-state index in [1.54, 1.807) is 6.92 Å². The zero-order valence-electron chi connectivity index (χ0n) is 8.35. The largest absolute Gasteiger partial charge is 0.393 e. The van der Waals surface area contributed by atoms with E-state index in [9.17, 15) is 4.79 Å². The molecule has 0 aliphatic carbocycles. The van der Waals surface area contributed by atoms with E-state index in [2.05, 4.69) is 5.32 Å².